The molecule has 2 aliphatic heterocycles. The second-order valence-electron chi connectivity index (χ2n) is 8.13. The quantitative estimate of drug-likeness (QED) is 0.544. The molecule has 2 heterocycles. The lowest BCUT2D eigenvalue weighted by Gasteiger charge is -2.34. The lowest BCUT2D eigenvalue weighted by atomic mass is 9.85. The third-order valence-electron chi connectivity index (χ3n) is 6.07. The number of nitriles is 1. The van der Waals surface area contributed by atoms with Gasteiger partial charge in [-0.15, -0.1) is 11.8 Å². The standard InChI is InChI=1S/C24H29N3OS/c1-26-16-19-15-21(28-20-9-12-27(13-10-20)14-11-25)5-8-23(19)24(17-26)18-3-6-22(29-2)7-4-18/h3-8,15,20,24H,9-10,12-14,16-17H2,1-2H3. The number of fused-ring (bicyclic) bond motifs is 1. The summed E-state index contributed by atoms with van der Waals surface area (Å²) in [6, 6.07) is 17.9. The van der Waals surface area contributed by atoms with Crippen LogP contribution in [0, 0.1) is 11.3 Å². The molecule has 0 saturated carbocycles. The highest BCUT2D eigenvalue weighted by Crippen LogP contribution is 2.36. The lowest BCUT2D eigenvalue weighted by Crippen LogP contribution is -2.38. The lowest BCUT2D eigenvalue weighted by molar-refractivity contribution is 0.107. The highest BCUT2D eigenvalue weighted by molar-refractivity contribution is 7.98. The minimum absolute atomic E-state index is 0.249. The Morgan fingerprint density at radius 2 is 1.90 bits per heavy atom. The SMILES string of the molecule is CSc1ccc(C2CN(C)Cc3cc(OC4CCN(CC#N)CC4)ccc32)cc1. The predicted octanol–water partition coefficient (Wildman–Crippen LogP) is 4.35. The van der Waals surface area contributed by atoms with E-state index in [-0.39, 0.29) is 6.10 Å². The van der Waals surface area contributed by atoms with Gasteiger partial charge in [0, 0.05) is 37.0 Å². The molecule has 0 N–H and O–H groups in total. The number of ether oxygens (including phenoxy) is 1. The summed E-state index contributed by atoms with van der Waals surface area (Å²) in [5, 5.41) is 8.86. The van der Waals surface area contributed by atoms with Crippen LogP contribution in [0.3, 0.4) is 0 Å². The van der Waals surface area contributed by atoms with Gasteiger partial charge < -0.3 is 9.64 Å². The summed E-state index contributed by atoms with van der Waals surface area (Å²) in [7, 11) is 2.20. The van der Waals surface area contributed by atoms with Crippen LogP contribution >= 0.6 is 11.8 Å². The van der Waals surface area contributed by atoms with Crippen molar-refractivity contribution in [2.75, 3.05) is 39.5 Å². The molecule has 4 rings (SSSR count). The van der Waals surface area contributed by atoms with E-state index in [1.54, 1.807) is 11.8 Å². The highest BCUT2D eigenvalue weighted by Gasteiger charge is 2.26. The van der Waals surface area contributed by atoms with E-state index in [0.29, 0.717) is 12.5 Å². The number of benzene rings is 2. The molecule has 1 unspecified atom stereocenters. The van der Waals surface area contributed by atoms with E-state index >= 15 is 0 Å². The van der Waals surface area contributed by atoms with Crippen LogP contribution in [0.4, 0.5) is 0 Å². The first-order valence-corrected chi connectivity index (χ1v) is 11.6. The van der Waals surface area contributed by atoms with E-state index in [9.17, 15) is 0 Å². The molecule has 1 atom stereocenters. The van der Waals surface area contributed by atoms with Crippen molar-refractivity contribution in [1.82, 2.24) is 9.80 Å². The van der Waals surface area contributed by atoms with E-state index in [2.05, 4.69) is 71.6 Å². The van der Waals surface area contributed by atoms with Gasteiger partial charge in [-0.25, -0.2) is 0 Å². The van der Waals surface area contributed by atoms with Gasteiger partial charge in [-0.3, -0.25) is 4.90 Å². The maximum Gasteiger partial charge on any atom is 0.120 e. The fourth-order valence-corrected chi connectivity index (χ4v) is 4.90. The molecule has 0 spiro atoms. The number of likely N-dealkylation sites (N-methyl/N-ethyl adjacent to an activating group) is 1. The van der Waals surface area contributed by atoms with Crippen molar-refractivity contribution in [2.24, 2.45) is 0 Å². The summed E-state index contributed by atoms with van der Waals surface area (Å²) in [5.41, 5.74) is 4.18. The summed E-state index contributed by atoms with van der Waals surface area (Å²) in [5.74, 6) is 1.39. The van der Waals surface area contributed by atoms with Crippen LogP contribution in [0.25, 0.3) is 0 Å². The van der Waals surface area contributed by atoms with Gasteiger partial charge in [0.1, 0.15) is 11.9 Å². The van der Waals surface area contributed by atoms with Gasteiger partial charge in [-0.2, -0.15) is 5.26 Å². The van der Waals surface area contributed by atoms with Gasteiger partial charge in [0.05, 0.1) is 12.6 Å². The topological polar surface area (TPSA) is 39.5 Å². The average molecular weight is 408 g/mol. The van der Waals surface area contributed by atoms with Gasteiger partial charge in [0.25, 0.3) is 0 Å². The van der Waals surface area contributed by atoms with E-state index in [1.807, 2.05) is 0 Å². The molecule has 2 aromatic carbocycles. The fourth-order valence-electron chi connectivity index (χ4n) is 4.50. The number of hydrogen-bond acceptors (Lipinski definition) is 5. The normalized spacial score (nSPS) is 20.8. The molecule has 152 valence electrons. The Bertz CT molecular complexity index is 869. The monoisotopic (exact) mass is 407 g/mol. The van der Waals surface area contributed by atoms with Crippen molar-refractivity contribution < 1.29 is 4.74 Å². The van der Waals surface area contributed by atoms with Gasteiger partial charge in [-0.1, -0.05) is 18.2 Å². The largest absolute Gasteiger partial charge is 0.490 e. The molecule has 0 bridgehead atoms. The summed E-state index contributed by atoms with van der Waals surface area (Å²) < 4.78 is 6.32. The Balaban J connectivity index is 1.49. The Morgan fingerprint density at radius 1 is 1.14 bits per heavy atom. The third-order valence-corrected chi connectivity index (χ3v) is 6.82. The zero-order chi connectivity index (χ0) is 20.2. The summed E-state index contributed by atoms with van der Waals surface area (Å²) in [6.45, 7) is 4.42. The van der Waals surface area contributed by atoms with Crippen LogP contribution in [-0.4, -0.2) is 55.4 Å². The van der Waals surface area contributed by atoms with Crippen molar-refractivity contribution in [2.45, 2.75) is 36.3 Å². The number of nitrogens with zero attached hydrogens (tertiary/aromatic N) is 3. The second kappa shape index (κ2) is 9.21. The van der Waals surface area contributed by atoms with Crippen LogP contribution in [0.15, 0.2) is 47.4 Å². The number of thioether (sulfide) groups is 1. The van der Waals surface area contributed by atoms with Crippen molar-refractivity contribution >= 4 is 11.8 Å². The van der Waals surface area contributed by atoms with Crippen molar-refractivity contribution in [3.05, 3.63) is 59.2 Å². The van der Waals surface area contributed by atoms with Crippen LogP contribution < -0.4 is 4.74 Å². The van der Waals surface area contributed by atoms with Gasteiger partial charge >= 0.3 is 0 Å². The number of hydrogen-bond donors (Lipinski definition) is 0. The number of likely N-dealkylation sites (tertiary alicyclic amines) is 1. The van der Waals surface area contributed by atoms with Crippen molar-refractivity contribution in [3.63, 3.8) is 0 Å². The molecule has 0 radical (unpaired) electrons. The Hall–Kier alpha value is -2.00. The maximum absolute atomic E-state index is 8.86. The van der Waals surface area contributed by atoms with Crippen molar-refractivity contribution in [3.8, 4) is 11.8 Å². The molecule has 2 aromatic rings. The first-order chi connectivity index (χ1) is 14.2. The van der Waals surface area contributed by atoms with Crippen LogP contribution in [-0.2, 0) is 6.54 Å². The summed E-state index contributed by atoms with van der Waals surface area (Å²) in [4.78, 5) is 5.91. The molecule has 0 aromatic heterocycles. The molecule has 1 fully saturated rings. The van der Waals surface area contributed by atoms with E-state index in [1.165, 1.54) is 21.6 Å². The Labute approximate surface area is 178 Å². The molecular formula is C24H29N3OS. The van der Waals surface area contributed by atoms with Crippen LogP contribution in [0.1, 0.15) is 35.4 Å². The fraction of sp³-hybridized carbons (Fsp3) is 0.458. The predicted molar refractivity (Wildman–Crippen MR) is 119 cm³/mol. The highest BCUT2D eigenvalue weighted by atomic mass is 32.2. The van der Waals surface area contributed by atoms with Crippen molar-refractivity contribution in [1.29, 1.82) is 5.26 Å². The smallest absolute Gasteiger partial charge is 0.120 e. The Morgan fingerprint density at radius 3 is 2.59 bits per heavy atom. The minimum Gasteiger partial charge on any atom is -0.490 e. The van der Waals surface area contributed by atoms with Gasteiger partial charge in [0.15, 0.2) is 0 Å². The van der Waals surface area contributed by atoms with E-state index < -0.39 is 0 Å². The second-order valence-corrected chi connectivity index (χ2v) is 9.01. The maximum atomic E-state index is 8.86. The Kier molecular flexibility index (Phi) is 6.44. The zero-order valence-corrected chi connectivity index (χ0v) is 18.1. The first-order valence-electron chi connectivity index (χ1n) is 10.4. The average Bonchev–Trinajstić information content (AvgIpc) is 2.74. The van der Waals surface area contributed by atoms with Crippen LogP contribution in [0.2, 0.25) is 0 Å². The number of piperidine rings is 1. The van der Waals surface area contributed by atoms with E-state index in [4.69, 9.17) is 10.00 Å². The molecule has 0 amide bonds. The molecular weight excluding hydrogens is 378 g/mol. The zero-order valence-electron chi connectivity index (χ0n) is 17.3. The minimum atomic E-state index is 0.249. The number of rotatable bonds is 5. The molecule has 2 aliphatic rings. The third kappa shape index (κ3) is 4.78. The van der Waals surface area contributed by atoms with Crippen LogP contribution in [0.5, 0.6) is 5.75 Å². The van der Waals surface area contributed by atoms with Gasteiger partial charge in [-0.05, 0) is 67.1 Å². The molecule has 4 nitrogen and oxygen atoms in total. The molecule has 29 heavy (non-hydrogen) atoms. The molecule has 1 saturated heterocycles. The summed E-state index contributed by atoms with van der Waals surface area (Å²) >= 11 is 1.79. The van der Waals surface area contributed by atoms with E-state index in [0.717, 1.165) is 44.8 Å². The summed E-state index contributed by atoms with van der Waals surface area (Å²) in [6.07, 6.45) is 4.35. The molecule has 0 aliphatic carbocycles. The first kappa shape index (κ1) is 20.3. The molecule has 5 heteroatoms. The van der Waals surface area contributed by atoms with Gasteiger partial charge in [0.2, 0.25) is 0 Å².